The number of para-hydroxylation sites is 2. The van der Waals surface area contributed by atoms with E-state index in [4.69, 9.17) is 18.9 Å². The first-order valence-electron chi connectivity index (χ1n) is 10.0. The molecule has 156 valence electrons. The van der Waals surface area contributed by atoms with Crippen molar-refractivity contribution in [3.8, 4) is 23.3 Å². The number of ether oxygens (including phenoxy) is 4. The molecule has 8 heteroatoms. The number of hydrogen-bond donors (Lipinski definition) is 0. The molecule has 4 rings (SSSR count). The van der Waals surface area contributed by atoms with Gasteiger partial charge in [-0.1, -0.05) is 12.1 Å². The van der Waals surface area contributed by atoms with E-state index in [1.165, 1.54) is 5.75 Å². The fraction of sp³-hybridized carbons (Fsp3) is 0.524. The van der Waals surface area contributed by atoms with Crippen molar-refractivity contribution in [2.24, 2.45) is 0 Å². The molecule has 0 saturated carbocycles. The first-order valence-corrected chi connectivity index (χ1v) is 11.4. The zero-order valence-electron chi connectivity index (χ0n) is 16.7. The summed E-state index contributed by atoms with van der Waals surface area (Å²) >= 11 is 1.89. The van der Waals surface area contributed by atoms with E-state index in [-0.39, 0.29) is 12.2 Å². The lowest BCUT2D eigenvalue weighted by Gasteiger charge is -2.31. The van der Waals surface area contributed by atoms with Crippen LogP contribution in [0.15, 0.2) is 36.7 Å². The highest BCUT2D eigenvalue weighted by molar-refractivity contribution is 7.98. The fourth-order valence-corrected chi connectivity index (χ4v) is 3.88. The third-order valence-electron chi connectivity index (χ3n) is 5.03. The highest BCUT2D eigenvalue weighted by atomic mass is 32.2. The summed E-state index contributed by atoms with van der Waals surface area (Å²) in [5.41, 5.74) is 0. The van der Waals surface area contributed by atoms with Crippen molar-refractivity contribution in [3.63, 3.8) is 0 Å². The summed E-state index contributed by atoms with van der Waals surface area (Å²) < 4.78 is 23.7. The zero-order chi connectivity index (χ0) is 19.9. The summed E-state index contributed by atoms with van der Waals surface area (Å²) in [5, 5.41) is 0. The van der Waals surface area contributed by atoms with Crippen LogP contribution >= 0.6 is 11.8 Å². The standard InChI is InChI=1S/C21H27N3O4S/c1-29-13-12-24-10-6-16(7-11-24)28-21-20(22-8-9-23-21)26-15-17-14-25-18-4-2-3-5-19(18)27-17/h2-5,8-9,16-17H,6-7,10-15H2,1H3. The molecule has 0 spiro atoms. The molecule has 3 heterocycles. The molecule has 0 aliphatic carbocycles. The molecule has 1 saturated heterocycles. The summed E-state index contributed by atoms with van der Waals surface area (Å²) in [6.07, 6.45) is 7.30. The highest BCUT2D eigenvalue weighted by Gasteiger charge is 2.24. The number of aromatic nitrogens is 2. The van der Waals surface area contributed by atoms with Gasteiger partial charge in [-0.15, -0.1) is 0 Å². The van der Waals surface area contributed by atoms with E-state index < -0.39 is 0 Å². The molecule has 1 atom stereocenters. The second-order valence-corrected chi connectivity index (χ2v) is 8.11. The van der Waals surface area contributed by atoms with Gasteiger partial charge >= 0.3 is 0 Å². The van der Waals surface area contributed by atoms with Gasteiger partial charge in [-0.3, -0.25) is 0 Å². The second kappa shape index (κ2) is 10.0. The number of nitrogens with zero attached hydrogens (tertiary/aromatic N) is 3. The van der Waals surface area contributed by atoms with Crippen LogP contribution in [0.5, 0.6) is 23.3 Å². The first kappa shape index (κ1) is 20.1. The summed E-state index contributed by atoms with van der Waals surface area (Å²) in [7, 11) is 0. The highest BCUT2D eigenvalue weighted by Crippen LogP contribution is 2.31. The molecule has 1 unspecified atom stereocenters. The zero-order valence-corrected chi connectivity index (χ0v) is 17.5. The van der Waals surface area contributed by atoms with Crippen molar-refractivity contribution in [3.05, 3.63) is 36.7 Å². The van der Waals surface area contributed by atoms with Crippen molar-refractivity contribution in [2.45, 2.75) is 25.0 Å². The van der Waals surface area contributed by atoms with Crippen LogP contribution in [0, 0.1) is 0 Å². The van der Waals surface area contributed by atoms with E-state index in [2.05, 4.69) is 21.1 Å². The smallest absolute Gasteiger partial charge is 0.278 e. The molecular weight excluding hydrogens is 390 g/mol. The second-order valence-electron chi connectivity index (χ2n) is 7.13. The Morgan fingerprint density at radius 2 is 1.86 bits per heavy atom. The van der Waals surface area contributed by atoms with Gasteiger partial charge in [0.25, 0.3) is 11.8 Å². The lowest BCUT2D eigenvalue weighted by Crippen LogP contribution is -2.39. The molecule has 29 heavy (non-hydrogen) atoms. The number of benzene rings is 1. The maximum absolute atomic E-state index is 6.13. The normalized spacial score (nSPS) is 19.7. The average molecular weight is 418 g/mol. The fourth-order valence-electron chi connectivity index (χ4n) is 3.44. The minimum atomic E-state index is -0.209. The van der Waals surface area contributed by atoms with Crippen LogP contribution in [0.3, 0.4) is 0 Å². The number of rotatable bonds is 8. The SMILES string of the molecule is CSCCN1CCC(Oc2nccnc2OCC2COc3ccccc3O2)CC1. The molecule has 1 aromatic heterocycles. The maximum Gasteiger partial charge on any atom is 0.278 e. The monoisotopic (exact) mass is 417 g/mol. The number of piperidine rings is 1. The molecule has 1 aromatic carbocycles. The van der Waals surface area contributed by atoms with Crippen molar-refractivity contribution < 1.29 is 18.9 Å². The summed E-state index contributed by atoms with van der Waals surface area (Å²) in [6.45, 7) is 3.99. The van der Waals surface area contributed by atoms with Gasteiger partial charge in [0.05, 0.1) is 0 Å². The quantitative estimate of drug-likeness (QED) is 0.650. The van der Waals surface area contributed by atoms with Gasteiger partial charge in [0.2, 0.25) is 0 Å². The van der Waals surface area contributed by atoms with E-state index in [1.807, 2.05) is 36.0 Å². The van der Waals surface area contributed by atoms with Crippen LogP contribution in [-0.4, -0.2) is 71.9 Å². The van der Waals surface area contributed by atoms with Crippen LogP contribution in [0.1, 0.15) is 12.8 Å². The van der Waals surface area contributed by atoms with Crippen LogP contribution in [0.25, 0.3) is 0 Å². The Morgan fingerprint density at radius 1 is 1.10 bits per heavy atom. The van der Waals surface area contributed by atoms with Crippen LogP contribution in [0.2, 0.25) is 0 Å². The lowest BCUT2D eigenvalue weighted by atomic mass is 10.1. The Morgan fingerprint density at radius 3 is 2.66 bits per heavy atom. The Balaban J connectivity index is 1.29. The van der Waals surface area contributed by atoms with Gasteiger partial charge in [-0.2, -0.15) is 11.8 Å². The predicted octanol–water partition coefficient (Wildman–Crippen LogP) is 2.90. The van der Waals surface area contributed by atoms with Crippen LogP contribution < -0.4 is 18.9 Å². The van der Waals surface area contributed by atoms with E-state index >= 15 is 0 Å². The van der Waals surface area contributed by atoms with Gasteiger partial charge in [-0.05, 0) is 31.2 Å². The third-order valence-corrected chi connectivity index (χ3v) is 5.62. The molecule has 1 fully saturated rings. The Kier molecular flexibility index (Phi) is 6.95. The number of thioether (sulfide) groups is 1. The molecule has 2 aliphatic heterocycles. The minimum Gasteiger partial charge on any atom is -0.486 e. The number of hydrogen-bond acceptors (Lipinski definition) is 8. The number of likely N-dealkylation sites (tertiary alicyclic amines) is 1. The molecule has 0 amide bonds. The molecule has 2 aliphatic rings. The van der Waals surface area contributed by atoms with Crippen molar-refractivity contribution >= 4 is 11.8 Å². The first-order chi connectivity index (χ1) is 14.3. The molecular formula is C21H27N3O4S. The number of fused-ring (bicyclic) bond motifs is 1. The van der Waals surface area contributed by atoms with E-state index in [0.29, 0.717) is 25.0 Å². The van der Waals surface area contributed by atoms with Crippen LogP contribution in [0.4, 0.5) is 0 Å². The molecule has 0 N–H and O–H groups in total. The summed E-state index contributed by atoms with van der Waals surface area (Å²) in [6, 6.07) is 7.64. The van der Waals surface area contributed by atoms with E-state index in [0.717, 1.165) is 44.0 Å². The molecule has 0 bridgehead atoms. The molecule has 0 radical (unpaired) electrons. The van der Waals surface area contributed by atoms with Crippen molar-refractivity contribution in [1.29, 1.82) is 0 Å². The van der Waals surface area contributed by atoms with Crippen molar-refractivity contribution in [2.75, 3.05) is 44.9 Å². The Hall–Kier alpha value is -2.19. The van der Waals surface area contributed by atoms with Crippen LogP contribution in [-0.2, 0) is 0 Å². The lowest BCUT2D eigenvalue weighted by molar-refractivity contribution is 0.0479. The van der Waals surface area contributed by atoms with Crippen molar-refractivity contribution in [1.82, 2.24) is 14.9 Å². The van der Waals surface area contributed by atoms with E-state index in [1.54, 1.807) is 12.4 Å². The van der Waals surface area contributed by atoms with Gasteiger partial charge in [-0.25, -0.2) is 9.97 Å². The largest absolute Gasteiger partial charge is 0.486 e. The Labute approximate surface area is 175 Å². The average Bonchev–Trinajstić information content (AvgIpc) is 2.78. The molecule has 2 aromatic rings. The van der Waals surface area contributed by atoms with Gasteiger partial charge in [0.1, 0.15) is 19.3 Å². The molecule has 7 nitrogen and oxygen atoms in total. The topological polar surface area (TPSA) is 65.9 Å². The predicted molar refractivity (Wildman–Crippen MR) is 112 cm³/mol. The third kappa shape index (κ3) is 5.45. The summed E-state index contributed by atoms with van der Waals surface area (Å²) in [4.78, 5) is 11.1. The van der Waals surface area contributed by atoms with E-state index in [9.17, 15) is 0 Å². The Bertz CT molecular complexity index is 786. The van der Waals surface area contributed by atoms with Gasteiger partial charge in [0.15, 0.2) is 17.6 Å². The van der Waals surface area contributed by atoms with Gasteiger partial charge in [0, 0.05) is 37.8 Å². The summed E-state index contributed by atoms with van der Waals surface area (Å²) in [5.74, 6) is 3.52. The maximum atomic E-state index is 6.13. The minimum absolute atomic E-state index is 0.140. The van der Waals surface area contributed by atoms with Gasteiger partial charge < -0.3 is 23.8 Å².